The van der Waals surface area contributed by atoms with Crippen LogP contribution >= 0.6 is 11.3 Å². The molecule has 0 spiro atoms. The predicted octanol–water partition coefficient (Wildman–Crippen LogP) is 3.38. The Balaban J connectivity index is 1.83. The summed E-state index contributed by atoms with van der Waals surface area (Å²) in [6, 6.07) is 0. The Morgan fingerprint density at radius 2 is 2.00 bits per heavy atom. The molecular weight excluding hydrogens is 289 g/mol. The van der Waals surface area contributed by atoms with E-state index in [2.05, 4.69) is 9.72 Å². The molecule has 20 heavy (non-hydrogen) atoms. The van der Waals surface area contributed by atoms with Crippen molar-refractivity contribution >= 4 is 11.3 Å². The van der Waals surface area contributed by atoms with E-state index < -0.39 is 12.8 Å². The van der Waals surface area contributed by atoms with E-state index in [0.29, 0.717) is 6.42 Å². The average Bonchev–Trinajstić information content (AvgIpc) is 2.84. The van der Waals surface area contributed by atoms with Gasteiger partial charge in [-0.3, -0.25) is 0 Å². The molecule has 0 aliphatic heterocycles. The highest BCUT2D eigenvalue weighted by atomic mass is 32.1. The zero-order valence-corrected chi connectivity index (χ0v) is 12.0. The number of rotatable bonds is 5. The van der Waals surface area contributed by atoms with Crippen molar-refractivity contribution in [2.24, 2.45) is 5.73 Å². The van der Waals surface area contributed by atoms with E-state index >= 15 is 0 Å². The first-order valence-electron chi connectivity index (χ1n) is 6.77. The van der Waals surface area contributed by atoms with E-state index in [9.17, 15) is 13.2 Å². The molecule has 0 unspecified atom stereocenters. The Kier molecular flexibility index (Phi) is 5.04. The molecule has 1 aliphatic rings. The van der Waals surface area contributed by atoms with E-state index in [-0.39, 0.29) is 12.1 Å². The normalized spacial score (nSPS) is 19.2. The quantitative estimate of drug-likeness (QED) is 0.848. The molecule has 1 heterocycles. The molecule has 1 aliphatic carbocycles. The summed E-state index contributed by atoms with van der Waals surface area (Å²) in [5.41, 5.74) is 6.90. The van der Waals surface area contributed by atoms with E-state index in [1.165, 1.54) is 17.8 Å². The summed E-state index contributed by atoms with van der Waals surface area (Å²) in [5.74, 6) is 0. The first-order chi connectivity index (χ1) is 9.39. The van der Waals surface area contributed by atoms with Gasteiger partial charge in [-0.15, -0.1) is 11.3 Å². The molecule has 3 nitrogen and oxygen atoms in total. The van der Waals surface area contributed by atoms with Crippen molar-refractivity contribution in [2.75, 3.05) is 13.2 Å². The summed E-state index contributed by atoms with van der Waals surface area (Å²) >= 11 is 1.45. The highest BCUT2D eigenvalue weighted by molar-refractivity contribution is 7.09. The molecule has 0 atom stereocenters. The van der Waals surface area contributed by atoms with Gasteiger partial charge in [0.15, 0.2) is 0 Å². The maximum atomic E-state index is 11.9. The van der Waals surface area contributed by atoms with Gasteiger partial charge in [-0.2, -0.15) is 13.2 Å². The van der Waals surface area contributed by atoms with Gasteiger partial charge in [0.25, 0.3) is 0 Å². The summed E-state index contributed by atoms with van der Waals surface area (Å²) in [6.07, 6.45) is 1.42. The van der Waals surface area contributed by atoms with Crippen molar-refractivity contribution in [3.05, 3.63) is 16.1 Å². The molecule has 1 aromatic rings. The van der Waals surface area contributed by atoms with Gasteiger partial charge in [-0.1, -0.05) is 19.3 Å². The van der Waals surface area contributed by atoms with Crippen molar-refractivity contribution in [2.45, 2.75) is 50.2 Å². The standard InChI is InChI=1S/C13H19F3N2OS/c14-13(15,16)9-19-7-4-11-18-10(8-20-11)12(17)5-2-1-3-6-12/h8H,1-7,9,17H2. The number of thiazole rings is 1. The Labute approximate surface area is 120 Å². The molecule has 1 aromatic heterocycles. The van der Waals surface area contributed by atoms with E-state index in [4.69, 9.17) is 5.73 Å². The minimum Gasteiger partial charge on any atom is -0.372 e. The number of nitrogens with zero attached hydrogens (tertiary/aromatic N) is 1. The molecular formula is C13H19F3N2OS. The van der Waals surface area contributed by atoms with Crippen LogP contribution < -0.4 is 5.73 Å². The van der Waals surface area contributed by atoms with Crippen LogP contribution in [0.25, 0.3) is 0 Å². The zero-order valence-electron chi connectivity index (χ0n) is 11.2. The van der Waals surface area contributed by atoms with Crippen LogP contribution in [0.15, 0.2) is 5.38 Å². The van der Waals surface area contributed by atoms with Crippen LogP contribution in [-0.2, 0) is 16.7 Å². The van der Waals surface area contributed by atoms with Crippen molar-refractivity contribution in [1.29, 1.82) is 0 Å². The van der Waals surface area contributed by atoms with Crippen molar-refractivity contribution in [3.63, 3.8) is 0 Å². The summed E-state index contributed by atoms with van der Waals surface area (Å²) in [6.45, 7) is -1.17. The maximum absolute atomic E-state index is 11.9. The Bertz CT molecular complexity index is 427. The highest BCUT2D eigenvalue weighted by Crippen LogP contribution is 2.35. The predicted molar refractivity (Wildman–Crippen MR) is 71.6 cm³/mol. The lowest BCUT2D eigenvalue weighted by Crippen LogP contribution is -2.38. The number of halogens is 3. The third-order valence-electron chi connectivity index (χ3n) is 3.53. The topological polar surface area (TPSA) is 48.1 Å². The molecule has 1 fully saturated rings. The number of hydrogen-bond donors (Lipinski definition) is 1. The molecule has 114 valence electrons. The van der Waals surface area contributed by atoms with Crippen molar-refractivity contribution < 1.29 is 17.9 Å². The summed E-state index contributed by atoms with van der Waals surface area (Å²) in [7, 11) is 0. The number of ether oxygens (including phenoxy) is 1. The van der Waals surface area contributed by atoms with Gasteiger partial charge in [0.1, 0.15) is 6.61 Å². The molecule has 7 heteroatoms. The Morgan fingerprint density at radius 1 is 1.30 bits per heavy atom. The summed E-state index contributed by atoms with van der Waals surface area (Å²) in [4.78, 5) is 4.47. The van der Waals surface area contributed by atoms with Crippen LogP contribution in [0.1, 0.15) is 42.8 Å². The minimum atomic E-state index is -4.27. The second kappa shape index (κ2) is 6.41. The zero-order chi connectivity index (χ0) is 14.6. The van der Waals surface area contributed by atoms with E-state index in [1.54, 1.807) is 0 Å². The average molecular weight is 308 g/mol. The van der Waals surface area contributed by atoms with E-state index in [1.807, 2.05) is 5.38 Å². The lowest BCUT2D eigenvalue weighted by molar-refractivity contribution is -0.173. The van der Waals surface area contributed by atoms with E-state index in [0.717, 1.165) is 36.4 Å². The molecule has 2 rings (SSSR count). The molecule has 0 radical (unpaired) electrons. The first kappa shape index (κ1) is 15.7. The van der Waals surface area contributed by atoms with Gasteiger partial charge in [0.2, 0.25) is 0 Å². The van der Waals surface area contributed by atoms with Crippen LogP contribution in [0.5, 0.6) is 0 Å². The monoisotopic (exact) mass is 308 g/mol. The number of hydrogen-bond acceptors (Lipinski definition) is 4. The second-order valence-corrected chi connectivity index (χ2v) is 6.20. The van der Waals surface area contributed by atoms with Gasteiger partial charge in [-0.25, -0.2) is 4.98 Å². The SMILES string of the molecule is NC1(c2csc(CCOCC(F)(F)F)n2)CCCCC1. The van der Waals surface area contributed by atoms with Gasteiger partial charge < -0.3 is 10.5 Å². The fourth-order valence-corrected chi connectivity index (χ4v) is 3.33. The molecule has 2 N–H and O–H groups in total. The third kappa shape index (κ3) is 4.43. The van der Waals surface area contributed by atoms with Crippen LogP contribution in [0.3, 0.4) is 0 Å². The minimum absolute atomic E-state index is 0.0318. The Hall–Kier alpha value is -0.660. The first-order valence-corrected chi connectivity index (χ1v) is 7.65. The lowest BCUT2D eigenvalue weighted by Gasteiger charge is -2.31. The summed E-state index contributed by atoms with van der Waals surface area (Å²) < 4.78 is 40.4. The summed E-state index contributed by atoms with van der Waals surface area (Å²) in [5, 5.41) is 2.72. The molecule has 1 saturated carbocycles. The molecule has 0 amide bonds. The Morgan fingerprint density at radius 3 is 2.65 bits per heavy atom. The number of alkyl halides is 3. The van der Waals surface area contributed by atoms with Crippen LogP contribution in [0.2, 0.25) is 0 Å². The largest absolute Gasteiger partial charge is 0.411 e. The molecule has 0 saturated heterocycles. The maximum Gasteiger partial charge on any atom is 0.411 e. The second-order valence-electron chi connectivity index (χ2n) is 5.26. The molecule has 0 aromatic carbocycles. The van der Waals surface area contributed by atoms with Crippen LogP contribution in [0, 0.1) is 0 Å². The van der Waals surface area contributed by atoms with Gasteiger partial charge in [0, 0.05) is 11.8 Å². The molecule has 0 bridgehead atoms. The smallest absolute Gasteiger partial charge is 0.372 e. The fraction of sp³-hybridized carbons (Fsp3) is 0.769. The fourth-order valence-electron chi connectivity index (χ4n) is 2.44. The highest BCUT2D eigenvalue weighted by Gasteiger charge is 2.31. The third-order valence-corrected chi connectivity index (χ3v) is 4.44. The van der Waals surface area contributed by atoms with Gasteiger partial charge >= 0.3 is 6.18 Å². The number of aromatic nitrogens is 1. The van der Waals surface area contributed by atoms with Crippen molar-refractivity contribution in [1.82, 2.24) is 4.98 Å². The van der Waals surface area contributed by atoms with Crippen molar-refractivity contribution in [3.8, 4) is 0 Å². The van der Waals surface area contributed by atoms with Crippen LogP contribution in [-0.4, -0.2) is 24.4 Å². The number of nitrogens with two attached hydrogens (primary N) is 1. The van der Waals surface area contributed by atoms with Crippen LogP contribution in [0.4, 0.5) is 13.2 Å². The lowest BCUT2D eigenvalue weighted by atomic mass is 9.81. The van der Waals surface area contributed by atoms with Gasteiger partial charge in [-0.05, 0) is 12.8 Å². The van der Waals surface area contributed by atoms with Gasteiger partial charge in [0.05, 0.1) is 22.8 Å².